The number of hydrogen-bond donors (Lipinski definition) is 1. The first-order valence-electron chi connectivity index (χ1n) is 5.69. The van der Waals surface area contributed by atoms with E-state index in [9.17, 15) is 0 Å². The number of hydrogen-bond acceptors (Lipinski definition) is 3. The molecule has 3 nitrogen and oxygen atoms in total. The minimum absolute atomic E-state index is 0.423. The van der Waals surface area contributed by atoms with E-state index >= 15 is 0 Å². The Morgan fingerprint density at radius 3 is 2.59 bits per heavy atom. The first kappa shape index (κ1) is 14.5. The van der Waals surface area contributed by atoms with Crippen molar-refractivity contribution in [3.63, 3.8) is 0 Å². The van der Waals surface area contributed by atoms with Crippen LogP contribution in [0.1, 0.15) is 30.4 Å². The third-order valence-corrected chi connectivity index (χ3v) is 3.46. The molecule has 96 valence electrons. The number of methoxy groups -OCH3 is 2. The molecule has 0 aromatic heterocycles. The zero-order valence-corrected chi connectivity index (χ0v) is 12.2. The van der Waals surface area contributed by atoms with Crippen molar-refractivity contribution >= 4 is 15.9 Å². The predicted molar refractivity (Wildman–Crippen MR) is 73.5 cm³/mol. The smallest absolute Gasteiger partial charge is 0.133 e. The third-order valence-electron chi connectivity index (χ3n) is 2.84. The summed E-state index contributed by atoms with van der Waals surface area (Å²) in [6.45, 7) is 3.46. The van der Waals surface area contributed by atoms with Gasteiger partial charge in [-0.05, 0) is 58.1 Å². The lowest BCUT2D eigenvalue weighted by Gasteiger charge is -2.17. The molecule has 0 saturated carbocycles. The van der Waals surface area contributed by atoms with Crippen molar-refractivity contribution in [1.82, 2.24) is 0 Å². The average molecular weight is 302 g/mol. The number of nitrogens with two attached hydrogens (primary N) is 1. The third kappa shape index (κ3) is 3.69. The molecule has 0 aliphatic heterocycles. The van der Waals surface area contributed by atoms with Crippen molar-refractivity contribution in [2.45, 2.75) is 25.9 Å². The highest BCUT2D eigenvalue weighted by Gasteiger charge is 2.14. The van der Waals surface area contributed by atoms with Crippen LogP contribution in [-0.2, 0) is 11.3 Å². The van der Waals surface area contributed by atoms with E-state index in [0.717, 1.165) is 22.2 Å². The van der Waals surface area contributed by atoms with Crippen LogP contribution in [-0.4, -0.2) is 20.8 Å². The molecular formula is C13H20BrNO2. The number of halogens is 1. The fourth-order valence-electron chi connectivity index (χ4n) is 1.91. The van der Waals surface area contributed by atoms with Crippen molar-refractivity contribution < 1.29 is 9.47 Å². The lowest BCUT2D eigenvalue weighted by molar-refractivity contribution is 0.183. The van der Waals surface area contributed by atoms with Gasteiger partial charge in [0.25, 0.3) is 0 Å². The summed E-state index contributed by atoms with van der Waals surface area (Å²) >= 11 is 3.51. The van der Waals surface area contributed by atoms with Crippen LogP contribution in [0.4, 0.5) is 0 Å². The van der Waals surface area contributed by atoms with E-state index in [0.29, 0.717) is 19.1 Å². The summed E-state index contributed by atoms with van der Waals surface area (Å²) in [6, 6.07) is 4.13. The maximum absolute atomic E-state index is 5.62. The summed E-state index contributed by atoms with van der Waals surface area (Å²) in [6.07, 6.45) is 0.968. The van der Waals surface area contributed by atoms with Crippen LogP contribution in [0.15, 0.2) is 16.6 Å². The van der Waals surface area contributed by atoms with Gasteiger partial charge in [0.1, 0.15) is 5.75 Å². The first-order chi connectivity index (χ1) is 8.13. The molecule has 0 saturated heterocycles. The van der Waals surface area contributed by atoms with E-state index in [-0.39, 0.29) is 0 Å². The molecule has 0 aliphatic rings. The highest BCUT2D eigenvalue weighted by Crippen LogP contribution is 2.33. The maximum Gasteiger partial charge on any atom is 0.133 e. The Bertz CT molecular complexity index is 369. The van der Waals surface area contributed by atoms with Gasteiger partial charge in [0.05, 0.1) is 18.2 Å². The Kier molecular flexibility index (Phi) is 5.95. The monoisotopic (exact) mass is 301 g/mol. The molecule has 1 atom stereocenters. The molecule has 1 aromatic rings. The van der Waals surface area contributed by atoms with Gasteiger partial charge in [0, 0.05) is 7.11 Å². The number of rotatable bonds is 6. The molecule has 1 aromatic carbocycles. The number of benzene rings is 1. The average Bonchev–Trinajstić information content (AvgIpc) is 2.31. The normalized spacial score (nSPS) is 12.5. The van der Waals surface area contributed by atoms with Gasteiger partial charge in [-0.2, -0.15) is 0 Å². The fraction of sp³-hybridized carbons (Fsp3) is 0.538. The zero-order valence-electron chi connectivity index (χ0n) is 10.6. The van der Waals surface area contributed by atoms with Crippen molar-refractivity contribution in [2.24, 2.45) is 5.73 Å². The van der Waals surface area contributed by atoms with E-state index in [1.807, 2.05) is 6.07 Å². The van der Waals surface area contributed by atoms with Gasteiger partial charge in [-0.15, -0.1) is 0 Å². The molecule has 0 bridgehead atoms. The maximum atomic E-state index is 5.62. The molecule has 0 radical (unpaired) electrons. The van der Waals surface area contributed by atoms with Gasteiger partial charge < -0.3 is 15.2 Å². The van der Waals surface area contributed by atoms with Crippen molar-refractivity contribution in [1.29, 1.82) is 0 Å². The van der Waals surface area contributed by atoms with Crippen LogP contribution in [0.3, 0.4) is 0 Å². The highest BCUT2D eigenvalue weighted by atomic mass is 79.9. The van der Waals surface area contributed by atoms with Crippen molar-refractivity contribution in [2.75, 3.05) is 20.8 Å². The first-order valence-corrected chi connectivity index (χ1v) is 6.48. The molecule has 17 heavy (non-hydrogen) atoms. The molecule has 0 amide bonds. The van der Waals surface area contributed by atoms with Gasteiger partial charge in [-0.1, -0.05) is 6.92 Å². The van der Waals surface area contributed by atoms with Gasteiger partial charge in [-0.3, -0.25) is 0 Å². The molecule has 0 spiro atoms. The Hall–Kier alpha value is -0.580. The predicted octanol–water partition coefficient (Wildman–Crippen LogP) is 3.06. The fourth-order valence-corrected chi connectivity index (χ4v) is 2.44. The van der Waals surface area contributed by atoms with Crippen LogP contribution in [0.2, 0.25) is 0 Å². The molecule has 4 heteroatoms. The van der Waals surface area contributed by atoms with Crippen LogP contribution < -0.4 is 10.5 Å². The second-order valence-electron chi connectivity index (χ2n) is 4.10. The minimum atomic E-state index is 0.423. The molecule has 2 N–H and O–H groups in total. The standard InChI is InChI=1S/C13H20BrNO2/c1-9(4-5-15)11-7-12(14)13(17-3)6-10(11)8-16-2/h6-7,9H,4-5,8,15H2,1-3H3. The van der Waals surface area contributed by atoms with E-state index in [1.165, 1.54) is 5.56 Å². The Morgan fingerprint density at radius 1 is 1.35 bits per heavy atom. The second kappa shape index (κ2) is 6.99. The van der Waals surface area contributed by atoms with E-state index in [1.54, 1.807) is 14.2 Å². The largest absolute Gasteiger partial charge is 0.496 e. The lowest BCUT2D eigenvalue weighted by atomic mass is 9.93. The van der Waals surface area contributed by atoms with Gasteiger partial charge in [0.15, 0.2) is 0 Å². The summed E-state index contributed by atoms with van der Waals surface area (Å²) in [5.74, 6) is 1.26. The molecule has 0 aliphatic carbocycles. The minimum Gasteiger partial charge on any atom is -0.496 e. The highest BCUT2D eigenvalue weighted by molar-refractivity contribution is 9.10. The van der Waals surface area contributed by atoms with Crippen LogP contribution in [0.25, 0.3) is 0 Å². The molecule has 1 rings (SSSR count). The molecular weight excluding hydrogens is 282 g/mol. The molecule has 1 unspecified atom stereocenters. The van der Waals surface area contributed by atoms with Crippen LogP contribution in [0.5, 0.6) is 5.75 Å². The van der Waals surface area contributed by atoms with Gasteiger partial charge in [0.2, 0.25) is 0 Å². The second-order valence-corrected chi connectivity index (χ2v) is 4.95. The van der Waals surface area contributed by atoms with E-state index in [4.69, 9.17) is 15.2 Å². The van der Waals surface area contributed by atoms with Crippen LogP contribution >= 0.6 is 15.9 Å². The summed E-state index contributed by atoms with van der Waals surface area (Å²) < 4.78 is 11.5. The van der Waals surface area contributed by atoms with Gasteiger partial charge >= 0.3 is 0 Å². The summed E-state index contributed by atoms with van der Waals surface area (Å²) in [4.78, 5) is 0. The lowest BCUT2D eigenvalue weighted by Crippen LogP contribution is -2.07. The Morgan fingerprint density at radius 2 is 2.06 bits per heavy atom. The number of ether oxygens (including phenoxy) is 2. The molecule has 0 heterocycles. The zero-order chi connectivity index (χ0) is 12.8. The topological polar surface area (TPSA) is 44.5 Å². The molecule has 0 fully saturated rings. The summed E-state index contributed by atoms with van der Waals surface area (Å²) in [5, 5.41) is 0. The summed E-state index contributed by atoms with van der Waals surface area (Å²) in [5.41, 5.74) is 8.05. The quantitative estimate of drug-likeness (QED) is 0.878. The van der Waals surface area contributed by atoms with Crippen molar-refractivity contribution in [3.8, 4) is 5.75 Å². The van der Waals surface area contributed by atoms with E-state index < -0.39 is 0 Å². The Balaban J connectivity index is 3.12. The SMILES string of the molecule is COCc1cc(OC)c(Br)cc1C(C)CCN. The van der Waals surface area contributed by atoms with Gasteiger partial charge in [-0.25, -0.2) is 0 Å². The Labute approximate surface area is 111 Å². The summed E-state index contributed by atoms with van der Waals surface area (Å²) in [7, 11) is 3.37. The van der Waals surface area contributed by atoms with E-state index in [2.05, 4.69) is 28.9 Å². The van der Waals surface area contributed by atoms with Crippen molar-refractivity contribution in [3.05, 3.63) is 27.7 Å². The van der Waals surface area contributed by atoms with Crippen LogP contribution in [0, 0.1) is 0 Å².